The van der Waals surface area contributed by atoms with Gasteiger partial charge in [0.2, 0.25) is 5.95 Å². The Hall–Kier alpha value is -2.35. The number of imidazole rings is 1. The standard InChI is InChI=1S/C14H24N8O4.2H2O4S/c1-17-14-20-8-11(15)18-6-19-12(8)22(14)13-10(24)9(23)7(26-13)5-21(2)3-4-25-16;2*1-5(2,3)4/h6-7,9-10,13,23-24H,3-5,16H2,1-2H3,(H,17,20)(H2,15,18,19);2*(H2,1,2,3,4)/t7-,9-,10-,13-;;/m1../s1. The first-order valence-electron chi connectivity index (χ1n) is 9.55. The van der Waals surface area contributed by atoms with Gasteiger partial charge in [0.1, 0.15) is 24.6 Å². The second kappa shape index (κ2) is 13.3. The van der Waals surface area contributed by atoms with E-state index in [1.54, 1.807) is 11.6 Å². The van der Waals surface area contributed by atoms with Gasteiger partial charge in [0.05, 0.1) is 6.61 Å². The Balaban J connectivity index is 0.000000550. The van der Waals surface area contributed by atoms with Crippen LogP contribution in [-0.4, -0.2) is 122 Å². The zero-order valence-electron chi connectivity index (χ0n) is 18.8. The summed E-state index contributed by atoms with van der Waals surface area (Å²) in [5.74, 6) is 5.65. The van der Waals surface area contributed by atoms with Crippen molar-refractivity contribution in [3.8, 4) is 0 Å². The molecule has 1 aliphatic heterocycles. The van der Waals surface area contributed by atoms with Crippen LogP contribution in [0.5, 0.6) is 0 Å². The molecule has 20 nitrogen and oxygen atoms in total. The maximum atomic E-state index is 10.5. The smallest absolute Gasteiger partial charge is 0.387 e. The van der Waals surface area contributed by atoms with Gasteiger partial charge in [-0.05, 0) is 7.05 Å². The Morgan fingerprint density at radius 1 is 1.14 bits per heavy atom. The summed E-state index contributed by atoms with van der Waals surface area (Å²) < 4.78 is 70.7. The normalized spacial score (nSPS) is 22.1. The van der Waals surface area contributed by atoms with E-state index in [1.165, 1.54) is 6.33 Å². The molecular formula is C14H28N8O12S2. The van der Waals surface area contributed by atoms with Crippen molar-refractivity contribution in [3.05, 3.63) is 6.33 Å². The third kappa shape index (κ3) is 10.3. The minimum atomic E-state index is -4.67. The lowest BCUT2D eigenvalue weighted by molar-refractivity contribution is -0.0425. The second-order valence-corrected chi connectivity index (χ2v) is 8.85. The summed E-state index contributed by atoms with van der Waals surface area (Å²) in [6, 6.07) is 0. The van der Waals surface area contributed by atoms with Gasteiger partial charge < -0.3 is 35.7 Å². The van der Waals surface area contributed by atoms with E-state index in [4.69, 9.17) is 51.4 Å². The fourth-order valence-electron chi connectivity index (χ4n) is 3.04. The molecule has 208 valence electrons. The maximum absolute atomic E-state index is 10.5. The van der Waals surface area contributed by atoms with Crippen LogP contribution in [0.4, 0.5) is 11.8 Å². The number of aliphatic hydroxyl groups excluding tert-OH is 2. The van der Waals surface area contributed by atoms with Gasteiger partial charge in [0.25, 0.3) is 0 Å². The molecule has 1 aliphatic rings. The number of aliphatic hydroxyl groups is 2. The predicted octanol–water partition coefficient (Wildman–Crippen LogP) is -3.41. The van der Waals surface area contributed by atoms with E-state index in [9.17, 15) is 10.2 Å². The first-order chi connectivity index (χ1) is 16.5. The van der Waals surface area contributed by atoms with E-state index < -0.39 is 45.3 Å². The van der Waals surface area contributed by atoms with Gasteiger partial charge in [-0.1, -0.05) is 0 Å². The largest absolute Gasteiger partial charge is 0.394 e. The molecule has 2 aromatic heterocycles. The molecule has 0 bridgehead atoms. The molecule has 3 heterocycles. The van der Waals surface area contributed by atoms with Gasteiger partial charge in [-0.25, -0.2) is 20.8 Å². The van der Waals surface area contributed by atoms with Crippen LogP contribution in [0.2, 0.25) is 0 Å². The Kier molecular flexibility index (Phi) is 11.7. The molecule has 0 aromatic carbocycles. The zero-order chi connectivity index (χ0) is 27.8. The number of hydrogen-bond acceptors (Lipinski definition) is 15. The molecule has 0 amide bonds. The van der Waals surface area contributed by atoms with Crippen molar-refractivity contribution >= 4 is 43.7 Å². The fraction of sp³-hybridized carbons (Fsp3) is 0.643. The van der Waals surface area contributed by atoms with E-state index >= 15 is 0 Å². The lowest BCUT2D eigenvalue weighted by atomic mass is 10.1. The van der Waals surface area contributed by atoms with Crippen LogP contribution < -0.4 is 16.9 Å². The number of hydrogen-bond donors (Lipinski definition) is 9. The lowest BCUT2D eigenvalue weighted by Crippen LogP contribution is -2.39. The highest BCUT2D eigenvalue weighted by atomic mass is 32.3. The number of nitrogens with zero attached hydrogens (tertiary/aromatic N) is 5. The molecule has 3 rings (SSSR count). The van der Waals surface area contributed by atoms with Crippen LogP contribution >= 0.6 is 0 Å². The summed E-state index contributed by atoms with van der Waals surface area (Å²) in [4.78, 5) is 18.9. The predicted molar refractivity (Wildman–Crippen MR) is 121 cm³/mol. The molecule has 22 heteroatoms. The molecule has 4 atom stereocenters. The van der Waals surface area contributed by atoms with Crippen LogP contribution in [0.15, 0.2) is 6.33 Å². The maximum Gasteiger partial charge on any atom is 0.394 e. The van der Waals surface area contributed by atoms with Crippen LogP contribution in [0.25, 0.3) is 11.2 Å². The number of fused-ring (bicyclic) bond motifs is 1. The van der Waals surface area contributed by atoms with Crippen molar-refractivity contribution in [3.63, 3.8) is 0 Å². The number of nitrogens with one attached hydrogen (secondary N) is 1. The van der Waals surface area contributed by atoms with Crippen molar-refractivity contribution in [2.75, 3.05) is 44.8 Å². The Bertz CT molecular complexity index is 1150. The number of rotatable bonds is 7. The number of nitrogens with two attached hydrogens (primary N) is 2. The van der Waals surface area contributed by atoms with Crippen molar-refractivity contribution in [2.24, 2.45) is 5.90 Å². The molecule has 0 unspecified atom stereocenters. The SMILES string of the molecule is CNc1nc2c(N)ncnc2n1[C@@H]1O[C@H](CN(C)CCON)[C@@H](O)[C@H]1O.O=S(=O)(O)O.O=S(=O)(O)O. The average molecular weight is 565 g/mol. The van der Waals surface area contributed by atoms with E-state index in [0.717, 1.165) is 0 Å². The van der Waals surface area contributed by atoms with E-state index in [2.05, 4.69) is 25.1 Å². The average Bonchev–Trinajstić information content (AvgIpc) is 3.23. The first kappa shape index (κ1) is 31.7. The Morgan fingerprint density at radius 3 is 2.19 bits per heavy atom. The van der Waals surface area contributed by atoms with Crippen LogP contribution in [0.3, 0.4) is 0 Å². The minimum absolute atomic E-state index is 0.219. The molecule has 1 saturated heterocycles. The zero-order valence-corrected chi connectivity index (χ0v) is 20.5. The third-order valence-electron chi connectivity index (χ3n) is 4.40. The van der Waals surface area contributed by atoms with E-state index in [0.29, 0.717) is 36.8 Å². The van der Waals surface area contributed by atoms with Gasteiger partial charge >= 0.3 is 20.8 Å². The number of anilines is 2. The highest BCUT2D eigenvalue weighted by molar-refractivity contribution is 7.80. The van der Waals surface area contributed by atoms with Crippen LogP contribution in [0.1, 0.15) is 6.23 Å². The van der Waals surface area contributed by atoms with Gasteiger partial charge in [0, 0.05) is 20.1 Å². The van der Waals surface area contributed by atoms with Crippen molar-refractivity contribution in [1.82, 2.24) is 24.4 Å². The van der Waals surface area contributed by atoms with Gasteiger partial charge in [-0.2, -0.15) is 16.8 Å². The molecule has 36 heavy (non-hydrogen) atoms. The number of nitrogen functional groups attached to an aromatic ring is 1. The summed E-state index contributed by atoms with van der Waals surface area (Å²) >= 11 is 0. The van der Waals surface area contributed by atoms with Crippen molar-refractivity contribution < 1.29 is 54.8 Å². The number of ether oxygens (including phenoxy) is 1. The summed E-state index contributed by atoms with van der Waals surface area (Å²) in [5.41, 5.74) is 6.65. The Labute approximate surface area is 205 Å². The molecule has 1 fully saturated rings. The van der Waals surface area contributed by atoms with Gasteiger partial charge in [-0.15, -0.1) is 0 Å². The quantitative estimate of drug-likeness (QED) is 0.117. The summed E-state index contributed by atoms with van der Waals surface area (Å²) in [6.45, 7) is 1.29. The van der Waals surface area contributed by atoms with E-state index in [-0.39, 0.29) is 5.82 Å². The minimum Gasteiger partial charge on any atom is -0.387 e. The number of aromatic nitrogens is 4. The fourth-order valence-corrected chi connectivity index (χ4v) is 3.04. The topological polar surface area (TPSA) is 319 Å². The molecule has 0 saturated carbocycles. The lowest BCUT2D eigenvalue weighted by Gasteiger charge is -2.22. The molecule has 2 aromatic rings. The molecule has 0 radical (unpaired) electrons. The molecule has 0 spiro atoms. The molecule has 11 N–H and O–H groups in total. The molecular weight excluding hydrogens is 536 g/mol. The second-order valence-electron chi connectivity index (χ2n) is 7.06. The summed E-state index contributed by atoms with van der Waals surface area (Å²) in [5, 5.41) is 23.9. The monoisotopic (exact) mass is 564 g/mol. The first-order valence-corrected chi connectivity index (χ1v) is 12.3. The highest BCUT2D eigenvalue weighted by Gasteiger charge is 2.45. The van der Waals surface area contributed by atoms with E-state index in [1.807, 2.05) is 11.9 Å². The van der Waals surface area contributed by atoms with Crippen LogP contribution in [0, 0.1) is 0 Å². The van der Waals surface area contributed by atoms with Crippen molar-refractivity contribution in [1.29, 1.82) is 0 Å². The van der Waals surface area contributed by atoms with Crippen LogP contribution in [-0.2, 0) is 30.4 Å². The van der Waals surface area contributed by atoms with Gasteiger partial charge in [-0.3, -0.25) is 22.8 Å². The van der Waals surface area contributed by atoms with Gasteiger partial charge in [0.15, 0.2) is 23.2 Å². The molecule has 0 aliphatic carbocycles. The third-order valence-corrected chi connectivity index (χ3v) is 4.40. The van der Waals surface area contributed by atoms with Crippen molar-refractivity contribution in [2.45, 2.75) is 24.5 Å². The highest BCUT2D eigenvalue weighted by Crippen LogP contribution is 2.35. The summed E-state index contributed by atoms with van der Waals surface area (Å²) in [6.07, 6.45) is -2.43. The number of likely N-dealkylation sites (N-methyl/N-ethyl adjacent to an activating group) is 1. The summed E-state index contributed by atoms with van der Waals surface area (Å²) in [7, 11) is -5.81. The Morgan fingerprint density at radius 2 is 1.69 bits per heavy atom.